The molecule has 27 heavy (non-hydrogen) atoms. The second kappa shape index (κ2) is 9.21. The normalized spacial score (nSPS) is 15.9. The number of nitrogens with one attached hydrogen (secondary N) is 2. The zero-order chi connectivity index (χ0) is 19.1. The lowest BCUT2D eigenvalue weighted by Crippen LogP contribution is -2.49. The lowest BCUT2D eigenvalue weighted by atomic mass is 10.1. The molecule has 2 amide bonds. The molecule has 1 fully saturated rings. The van der Waals surface area contributed by atoms with Crippen molar-refractivity contribution in [3.05, 3.63) is 48.7 Å². The predicted octanol–water partition coefficient (Wildman–Crippen LogP) is 2.59. The average molecular weight is 368 g/mol. The summed E-state index contributed by atoms with van der Waals surface area (Å²) in [6.07, 6.45) is 3.47. The van der Waals surface area contributed by atoms with Gasteiger partial charge in [-0.15, -0.1) is 5.10 Å². The van der Waals surface area contributed by atoms with Crippen molar-refractivity contribution < 1.29 is 4.79 Å². The van der Waals surface area contributed by atoms with Crippen LogP contribution in [0.4, 0.5) is 16.3 Å². The summed E-state index contributed by atoms with van der Waals surface area (Å²) in [4.78, 5) is 16.6. The first-order valence-electron chi connectivity index (χ1n) is 9.48. The van der Waals surface area contributed by atoms with Crippen LogP contribution in [0.5, 0.6) is 0 Å². The first-order chi connectivity index (χ1) is 13.1. The molecule has 7 heteroatoms. The molecule has 2 aromatic rings. The minimum Gasteiger partial charge on any atom is -0.370 e. The Balaban J connectivity index is 1.40. The average Bonchev–Trinajstić information content (AvgIpc) is 2.73. The van der Waals surface area contributed by atoms with Gasteiger partial charge in [0.1, 0.15) is 5.82 Å². The highest BCUT2D eigenvalue weighted by atomic mass is 16.2. The molecule has 2 N–H and O–H groups in total. The van der Waals surface area contributed by atoms with Crippen molar-refractivity contribution in [1.82, 2.24) is 20.4 Å². The van der Waals surface area contributed by atoms with Crippen LogP contribution >= 0.6 is 0 Å². The second-order valence-electron chi connectivity index (χ2n) is 7.00. The Morgan fingerprint density at radius 3 is 2.63 bits per heavy atom. The quantitative estimate of drug-likeness (QED) is 0.820. The van der Waals surface area contributed by atoms with Crippen LogP contribution in [-0.2, 0) is 0 Å². The van der Waals surface area contributed by atoms with Gasteiger partial charge in [0, 0.05) is 50.6 Å². The molecule has 1 aromatic carbocycles. The van der Waals surface area contributed by atoms with Crippen molar-refractivity contribution in [3.63, 3.8) is 0 Å². The van der Waals surface area contributed by atoms with E-state index in [2.05, 4.69) is 51.8 Å². The van der Waals surface area contributed by atoms with E-state index >= 15 is 0 Å². The van der Waals surface area contributed by atoms with Gasteiger partial charge >= 0.3 is 6.03 Å². The first-order valence-corrected chi connectivity index (χ1v) is 9.48. The molecular formula is C20H28N6O. The summed E-state index contributed by atoms with van der Waals surface area (Å²) >= 11 is 0. The molecule has 144 valence electrons. The Morgan fingerprint density at radius 1 is 1.22 bits per heavy atom. The van der Waals surface area contributed by atoms with Gasteiger partial charge in [-0.2, -0.15) is 5.10 Å². The number of hydrogen-bond acceptors (Lipinski definition) is 5. The largest absolute Gasteiger partial charge is 0.370 e. The zero-order valence-electron chi connectivity index (χ0n) is 16.0. The Morgan fingerprint density at radius 2 is 1.96 bits per heavy atom. The van der Waals surface area contributed by atoms with Crippen molar-refractivity contribution in [3.8, 4) is 0 Å². The van der Waals surface area contributed by atoms with E-state index in [1.807, 2.05) is 35.2 Å². The Kier molecular flexibility index (Phi) is 6.46. The van der Waals surface area contributed by atoms with Gasteiger partial charge in [0.2, 0.25) is 0 Å². The van der Waals surface area contributed by atoms with Gasteiger partial charge in [0.25, 0.3) is 0 Å². The number of nitrogens with zero attached hydrogens (tertiary/aromatic N) is 4. The summed E-state index contributed by atoms with van der Waals surface area (Å²) in [6, 6.07) is 14.5. The van der Waals surface area contributed by atoms with Crippen LogP contribution in [0.2, 0.25) is 0 Å². The SMILES string of the molecule is CC(CNC(=O)N1CCC(Nc2cccnn2)CC1)N(C)c1ccccc1. The lowest BCUT2D eigenvalue weighted by molar-refractivity contribution is 0.183. The predicted molar refractivity (Wildman–Crippen MR) is 108 cm³/mol. The molecule has 0 saturated carbocycles. The van der Waals surface area contributed by atoms with Crippen LogP contribution in [0, 0.1) is 0 Å². The summed E-state index contributed by atoms with van der Waals surface area (Å²) < 4.78 is 0. The number of piperidine rings is 1. The van der Waals surface area contributed by atoms with Crippen molar-refractivity contribution in [2.45, 2.75) is 31.8 Å². The number of urea groups is 1. The number of carbonyl (C=O) groups is 1. The highest BCUT2D eigenvalue weighted by Crippen LogP contribution is 2.16. The molecular weight excluding hydrogens is 340 g/mol. The van der Waals surface area contributed by atoms with E-state index in [1.54, 1.807) is 6.20 Å². The fourth-order valence-electron chi connectivity index (χ4n) is 3.22. The van der Waals surface area contributed by atoms with Gasteiger partial charge in [-0.3, -0.25) is 0 Å². The van der Waals surface area contributed by atoms with Crippen LogP contribution in [0.25, 0.3) is 0 Å². The standard InChI is InChI=1S/C20H28N6O/c1-16(25(2)18-7-4-3-5-8-18)15-21-20(27)26-13-10-17(11-14-26)23-19-9-6-12-22-24-19/h3-9,12,16-17H,10-11,13-15H2,1-2H3,(H,21,27)(H,23,24). The third kappa shape index (κ3) is 5.32. The van der Waals surface area contributed by atoms with Gasteiger partial charge < -0.3 is 20.4 Å². The van der Waals surface area contributed by atoms with E-state index in [1.165, 1.54) is 0 Å². The summed E-state index contributed by atoms with van der Waals surface area (Å²) in [7, 11) is 2.05. The molecule has 1 unspecified atom stereocenters. The molecule has 0 aliphatic carbocycles. The van der Waals surface area contributed by atoms with Crippen molar-refractivity contribution >= 4 is 17.5 Å². The van der Waals surface area contributed by atoms with E-state index in [0.29, 0.717) is 12.6 Å². The fraction of sp³-hybridized carbons (Fsp3) is 0.450. The van der Waals surface area contributed by atoms with Crippen LogP contribution < -0.4 is 15.5 Å². The summed E-state index contributed by atoms with van der Waals surface area (Å²) in [5, 5.41) is 14.4. The smallest absolute Gasteiger partial charge is 0.317 e. The molecule has 7 nitrogen and oxygen atoms in total. The molecule has 1 aliphatic rings. The van der Waals surface area contributed by atoms with Gasteiger partial charge in [-0.1, -0.05) is 18.2 Å². The van der Waals surface area contributed by atoms with Crippen LogP contribution in [0.1, 0.15) is 19.8 Å². The number of aromatic nitrogens is 2. The van der Waals surface area contributed by atoms with E-state index in [9.17, 15) is 4.79 Å². The lowest BCUT2D eigenvalue weighted by Gasteiger charge is -2.33. The molecule has 2 heterocycles. The second-order valence-corrected chi connectivity index (χ2v) is 7.00. The van der Waals surface area contributed by atoms with Crippen LogP contribution in [-0.4, -0.2) is 59.9 Å². The highest BCUT2D eigenvalue weighted by molar-refractivity contribution is 5.74. The minimum atomic E-state index is 0.0151. The van der Waals surface area contributed by atoms with Crippen molar-refractivity contribution in [2.24, 2.45) is 0 Å². The van der Waals surface area contributed by atoms with E-state index in [4.69, 9.17) is 0 Å². The number of hydrogen-bond donors (Lipinski definition) is 2. The summed E-state index contributed by atoms with van der Waals surface area (Å²) in [6.45, 7) is 4.21. The van der Waals surface area contributed by atoms with Gasteiger partial charge in [-0.25, -0.2) is 4.79 Å². The van der Waals surface area contributed by atoms with Crippen LogP contribution in [0.3, 0.4) is 0 Å². The number of para-hydroxylation sites is 1. The monoisotopic (exact) mass is 368 g/mol. The Bertz CT molecular complexity index is 703. The van der Waals surface area contributed by atoms with E-state index in [-0.39, 0.29) is 12.1 Å². The molecule has 1 aliphatic heterocycles. The van der Waals surface area contributed by atoms with Crippen molar-refractivity contribution in [1.29, 1.82) is 0 Å². The molecule has 1 saturated heterocycles. The molecule has 3 rings (SSSR count). The number of carbonyl (C=O) groups excluding carboxylic acids is 1. The number of likely N-dealkylation sites (tertiary alicyclic amines) is 1. The molecule has 0 radical (unpaired) electrons. The molecule has 0 bridgehead atoms. The number of benzene rings is 1. The van der Waals surface area contributed by atoms with E-state index in [0.717, 1.165) is 37.4 Å². The highest BCUT2D eigenvalue weighted by Gasteiger charge is 2.23. The molecule has 1 aromatic heterocycles. The first kappa shape index (κ1) is 18.9. The summed E-state index contributed by atoms with van der Waals surface area (Å²) in [5.41, 5.74) is 1.15. The fourth-order valence-corrected chi connectivity index (χ4v) is 3.22. The topological polar surface area (TPSA) is 73.4 Å². The number of anilines is 2. The maximum atomic E-state index is 12.5. The Labute approximate surface area is 160 Å². The number of amides is 2. The molecule has 1 atom stereocenters. The van der Waals surface area contributed by atoms with E-state index < -0.39 is 0 Å². The zero-order valence-corrected chi connectivity index (χ0v) is 16.0. The minimum absolute atomic E-state index is 0.0151. The third-order valence-electron chi connectivity index (χ3n) is 5.08. The van der Waals surface area contributed by atoms with Gasteiger partial charge in [-0.05, 0) is 44.0 Å². The maximum absolute atomic E-state index is 12.5. The van der Waals surface area contributed by atoms with Crippen LogP contribution in [0.15, 0.2) is 48.7 Å². The van der Waals surface area contributed by atoms with Crippen molar-refractivity contribution in [2.75, 3.05) is 36.9 Å². The molecule has 0 spiro atoms. The van der Waals surface area contributed by atoms with Gasteiger partial charge in [0.15, 0.2) is 0 Å². The number of rotatable bonds is 6. The maximum Gasteiger partial charge on any atom is 0.317 e. The number of likely N-dealkylation sites (N-methyl/N-ethyl adjacent to an activating group) is 1. The summed E-state index contributed by atoms with van der Waals surface area (Å²) in [5.74, 6) is 0.790. The van der Waals surface area contributed by atoms with Gasteiger partial charge in [0.05, 0.1) is 0 Å². The third-order valence-corrected chi connectivity index (χ3v) is 5.08. The Hall–Kier alpha value is -2.83.